The zero-order valence-corrected chi connectivity index (χ0v) is 10.5. The van der Waals surface area contributed by atoms with E-state index in [9.17, 15) is 9.90 Å². The van der Waals surface area contributed by atoms with Gasteiger partial charge in [-0.05, 0) is 13.8 Å². The standard InChI is InChI=1S/C10H17N3O2S/c1-10(2,15)6-13(3)9(14)11-4-8-5-16-7-12-8/h5,7,15H,4,6H2,1-3H3,(H,11,14). The van der Waals surface area contributed by atoms with Crippen molar-refractivity contribution in [3.8, 4) is 0 Å². The van der Waals surface area contributed by atoms with Gasteiger partial charge in [-0.25, -0.2) is 9.78 Å². The molecule has 6 heteroatoms. The van der Waals surface area contributed by atoms with Crippen molar-refractivity contribution in [2.45, 2.75) is 26.0 Å². The lowest BCUT2D eigenvalue weighted by atomic mass is 10.1. The highest BCUT2D eigenvalue weighted by molar-refractivity contribution is 7.07. The number of likely N-dealkylation sites (N-methyl/N-ethyl adjacent to an activating group) is 1. The number of thiazole rings is 1. The monoisotopic (exact) mass is 243 g/mol. The molecular formula is C10H17N3O2S. The summed E-state index contributed by atoms with van der Waals surface area (Å²) in [5.74, 6) is 0. The third-order valence-corrected chi connectivity index (χ3v) is 2.51. The fourth-order valence-electron chi connectivity index (χ4n) is 1.28. The van der Waals surface area contributed by atoms with Crippen molar-refractivity contribution < 1.29 is 9.90 Å². The topological polar surface area (TPSA) is 65.5 Å². The molecular weight excluding hydrogens is 226 g/mol. The van der Waals surface area contributed by atoms with E-state index >= 15 is 0 Å². The number of aromatic nitrogens is 1. The zero-order valence-electron chi connectivity index (χ0n) is 9.73. The minimum absolute atomic E-state index is 0.213. The fraction of sp³-hybridized carbons (Fsp3) is 0.600. The Morgan fingerprint density at radius 1 is 1.69 bits per heavy atom. The molecule has 0 atom stereocenters. The predicted molar refractivity (Wildman–Crippen MR) is 63.3 cm³/mol. The molecule has 2 N–H and O–H groups in total. The molecule has 1 rings (SSSR count). The number of carbonyl (C=O) groups excluding carboxylic acids is 1. The highest BCUT2D eigenvalue weighted by Gasteiger charge is 2.18. The maximum atomic E-state index is 11.6. The molecule has 0 bridgehead atoms. The Hall–Kier alpha value is -1.14. The molecule has 0 saturated heterocycles. The summed E-state index contributed by atoms with van der Waals surface area (Å²) in [6.45, 7) is 4.03. The van der Waals surface area contributed by atoms with Gasteiger partial charge >= 0.3 is 6.03 Å². The van der Waals surface area contributed by atoms with E-state index in [1.54, 1.807) is 26.4 Å². The first-order chi connectivity index (χ1) is 7.38. The molecule has 2 amide bonds. The number of hydrogen-bond acceptors (Lipinski definition) is 4. The Balaban J connectivity index is 2.35. The molecule has 16 heavy (non-hydrogen) atoms. The summed E-state index contributed by atoms with van der Waals surface area (Å²) < 4.78 is 0. The first-order valence-electron chi connectivity index (χ1n) is 4.97. The van der Waals surface area contributed by atoms with Crippen LogP contribution in [0, 0.1) is 0 Å². The van der Waals surface area contributed by atoms with Crippen molar-refractivity contribution in [3.05, 3.63) is 16.6 Å². The largest absolute Gasteiger partial charge is 0.389 e. The second kappa shape index (κ2) is 5.27. The third kappa shape index (κ3) is 4.59. The minimum atomic E-state index is -0.882. The van der Waals surface area contributed by atoms with Crippen molar-refractivity contribution in [1.82, 2.24) is 15.2 Å². The highest BCUT2D eigenvalue weighted by Crippen LogP contribution is 2.04. The van der Waals surface area contributed by atoms with Crippen LogP contribution in [0.15, 0.2) is 10.9 Å². The summed E-state index contributed by atoms with van der Waals surface area (Å²) in [6, 6.07) is -0.213. The van der Waals surface area contributed by atoms with E-state index in [4.69, 9.17) is 0 Å². The first kappa shape index (κ1) is 12.9. The smallest absolute Gasteiger partial charge is 0.317 e. The normalized spacial score (nSPS) is 11.2. The molecule has 90 valence electrons. The van der Waals surface area contributed by atoms with Crippen molar-refractivity contribution in [1.29, 1.82) is 0 Å². The van der Waals surface area contributed by atoms with Gasteiger partial charge in [0.25, 0.3) is 0 Å². The van der Waals surface area contributed by atoms with E-state index in [-0.39, 0.29) is 12.6 Å². The second-order valence-corrected chi connectivity index (χ2v) is 5.03. The van der Waals surface area contributed by atoms with Gasteiger partial charge in [0.2, 0.25) is 0 Å². The molecule has 0 saturated carbocycles. The average molecular weight is 243 g/mol. The van der Waals surface area contributed by atoms with Gasteiger partial charge in [-0.1, -0.05) is 0 Å². The van der Waals surface area contributed by atoms with Crippen molar-refractivity contribution >= 4 is 17.4 Å². The Morgan fingerprint density at radius 2 is 2.38 bits per heavy atom. The van der Waals surface area contributed by atoms with E-state index in [0.717, 1.165) is 5.69 Å². The molecule has 1 heterocycles. The summed E-state index contributed by atoms with van der Waals surface area (Å²) >= 11 is 1.49. The van der Waals surface area contributed by atoms with Gasteiger partial charge in [0.1, 0.15) is 0 Å². The molecule has 0 spiro atoms. The SMILES string of the molecule is CN(CC(C)(C)O)C(=O)NCc1cscn1. The molecule has 0 radical (unpaired) electrons. The van der Waals surface area contributed by atoms with Gasteiger partial charge in [0, 0.05) is 12.4 Å². The van der Waals surface area contributed by atoms with Crippen LogP contribution in [-0.4, -0.2) is 40.2 Å². The van der Waals surface area contributed by atoms with Crippen LogP contribution in [0.25, 0.3) is 0 Å². The molecule has 0 aliphatic heterocycles. The summed E-state index contributed by atoms with van der Waals surface area (Å²) in [5, 5.41) is 14.2. The van der Waals surface area contributed by atoms with E-state index < -0.39 is 5.60 Å². The van der Waals surface area contributed by atoms with E-state index in [1.807, 2.05) is 5.38 Å². The molecule has 0 fully saturated rings. The number of aliphatic hydroxyl groups is 1. The molecule has 1 aromatic heterocycles. The maximum absolute atomic E-state index is 11.6. The summed E-state index contributed by atoms with van der Waals surface area (Å²) in [7, 11) is 1.65. The lowest BCUT2D eigenvalue weighted by Gasteiger charge is -2.25. The Bertz CT molecular complexity index is 332. The van der Waals surface area contributed by atoms with Crippen molar-refractivity contribution in [2.24, 2.45) is 0 Å². The van der Waals surface area contributed by atoms with Crippen LogP contribution in [0.3, 0.4) is 0 Å². The van der Waals surface area contributed by atoms with Crippen LogP contribution >= 0.6 is 11.3 Å². The van der Waals surface area contributed by atoms with Crippen LogP contribution in [0.1, 0.15) is 19.5 Å². The van der Waals surface area contributed by atoms with Gasteiger partial charge in [-0.15, -0.1) is 11.3 Å². The molecule has 0 aliphatic carbocycles. The number of nitrogens with zero attached hydrogens (tertiary/aromatic N) is 2. The van der Waals surface area contributed by atoms with Crippen LogP contribution < -0.4 is 5.32 Å². The number of nitrogens with one attached hydrogen (secondary N) is 1. The van der Waals surface area contributed by atoms with E-state index in [1.165, 1.54) is 16.2 Å². The third-order valence-electron chi connectivity index (χ3n) is 1.88. The van der Waals surface area contributed by atoms with Gasteiger partial charge < -0.3 is 15.3 Å². The summed E-state index contributed by atoms with van der Waals surface area (Å²) in [6.07, 6.45) is 0. The van der Waals surface area contributed by atoms with Gasteiger partial charge in [0.15, 0.2) is 0 Å². The molecule has 1 aromatic rings. The zero-order chi connectivity index (χ0) is 12.2. The molecule has 5 nitrogen and oxygen atoms in total. The quantitative estimate of drug-likeness (QED) is 0.831. The van der Waals surface area contributed by atoms with Gasteiger partial charge in [0.05, 0.1) is 29.9 Å². The molecule has 0 aliphatic rings. The average Bonchev–Trinajstić information content (AvgIpc) is 2.63. The van der Waals surface area contributed by atoms with Crippen LogP contribution in [0.4, 0.5) is 4.79 Å². The lowest BCUT2D eigenvalue weighted by molar-refractivity contribution is 0.0531. The van der Waals surface area contributed by atoms with E-state index in [2.05, 4.69) is 10.3 Å². The van der Waals surface area contributed by atoms with Crippen molar-refractivity contribution in [3.63, 3.8) is 0 Å². The van der Waals surface area contributed by atoms with Gasteiger partial charge in [-0.2, -0.15) is 0 Å². The molecule has 0 aromatic carbocycles. The number of carbonyl (C=O) groups is 1. The Labute approximate surface area is 99.1 Å². The number of hydrogen-bond donors (Lipinski definition) is 2. The minimum Gasteiger partial charge on any atom is -0.389 e. The van der Waals surface area contributed by atoms with Crippen LogP contribution in [0.2, 0.25) is 0 Å². The van der Waals surface area contributed by atoms with E-state index in [0.29, 0.717) is 6.54 Å². The summed E-state index contributed by atoms with van der Waals surface area (Å²) in [4.78, 5) is 17.1. The fourth-order valence-corrected chi connectivity index (χ4v) is 1.84. The Morgan fingerprint density at radius 3 is 2.88 bits per heavy atom. The highest BCUT2D eigenvalue weighted by atomic mass is 32.1. The Kier molecular flexibility index (Phi) is 4.26. The number of rotatable bonds is 4. The van der Waals surface area contributed by atoms with Crippen LogP contribution in [0.5, 0.6) is 0 Å². The number of amides is 2. The van der Waals surface area contributed by atoms with Crippen LogP contribution in [-0.2, 0) is 6.54 Å². The lowest BCUT2D eigenvalue weighted by Crippen LogP contribution is -2.44. The number of urea groups is 1. The summed E-state index contributed by atoms with van der Waals surface area (Å²) in [5.41, 5.74) is 1.68. The predicted octanol–water partition coefficient (Wildman–Crippen LogP) is 1.06. The first-order valence-corrected chi connectivity index (χ1v) is 5.91. The second-order valence-electron chi connectivity index (χ2n) is 4.31. The van der Waals surface area contributed by atoms with Gasteiger partial charge in [-0.3, -0.25) is 0 Å². The molecule has 0 unspecified atom stereocenters. The van der Waals surface area contributed by atoms with Crippen molar-refractivity contribution in [2.75, 3.05) is 13.6 Å². The maximum Gasteiger partial charge on any atom is 0.317 e.